The Morgan fingerprint density at radius 3 is 3.00 bits per heavy atom. The van der Waals surface area contributed by atoms with E-state index in [4.69, 9.17) is 0 Å². The quantitative estimate of drug-likeness (QED) is 0.720. The van der Waals surface area contributed by atoms with Crippen LogP contribution in [0.1, 0.15) is 29.9 Å². The van der Waals surface area contributed by atoms with Gasteiger partial charge in [0.15, 0.2) is 0 Å². The van der Waals surface area contributed by atoms with Crippen LogP contribution in [-0.4, -0.2) is 11.2 Å². The topological polar surface area (TPSA) is 20.2 Å². The molecule has 0 amide bonds. The molecule has 14 heavy (non-hydrogen) atoms. The minimum absolute atomic E-state index is 0.217. The average molecular weight is 188 g/mol. The predicted octanol–water partition coefficient (Wildman–Crippen LogP) is 2.65. The second-order valence-corrected chi connectivity index (χ2v) is 4.01. The van der Waals surface area contributed by atoms with Crippen molar-refractivity contribution < 1.29 is 5.11 Å². The molecule has 1 aromatic carbocycles. The summed E-state index contributed by atoms with van der Waals surface area (Å²) in [5.41, 5.74) is 2.87. The van der Waals surface area contributed by atoms with Crippen LogP contribution < -0.4 is 0 Å². The first kappa shape index (κ1) is 9.47. The van der Waals surface area contributed by atoms with Crippen molar-refractivity contribution in [3.8, 4) is 0 Å². The highest BCUT2D eigenvalue weighted by Gasteiger charge is 2.26. The van der Waals surface area contributed by atoms with Crippen LogP contribution in [0, 0.1) is 0 Å². The fourth-order valence-corrected chi connectivity index (χ4v) is 2.19. The molecule has 2 atom stereocenters. The Bertz CT molecular complexity index is 330. The highest BCUT2D eigenvalue weighted by Crippen LogP contribution is 2.38. The van der Waals surface area contributed by atoms with Gasteiger partial charge in [-0.3, -0.25) is 0 Å². The molecule has 1 aromatic rings. The maximum Gasteiger partial charge on any atom is 0.0580 e. The zero-order chi connectivity index (χ0) is 9.97. The zero-order valence-corrected chi connectivity index (χ0v) is 8.32. The first-order chi connectivity index (χ1) is 6.81. The van der Waals surface area contributed by atoms with Crippen LogP contribution in [-0.2, 0) is 6.42 Å². The third kappa shape index (κ3) is 1.73. The van der Waals surface area contributed by atoms with Crippen LogP contribution in [0.2, 0.25) is 0 Å². The van der Waals surface area contributed by atoms with Crippen LogP contribution in [0.4, 0.5) is 0 Å². The van der Waals surface area contributed by atoms with Gasteiger partial charge in [0, 0.05) is 0 Å². The molecule has 0 radical (unpaired) electrons. The Kier molecular flexibility index (Phi) is 2.69. The van der Waals surface area contributed by atoms with Gasteiger partial charge in [0.2, 0.25) is 0 Å². The first-order valence-electron chi connectivity index (χ1n) is 5.18. The molecule has 1 nitrogen and oxygen atoms in total. The van der Waals surface area contributed by atoms with E-state index in [-0.39, 0.29) is 6.10 Å². The summed E-state index contributed by atoms with van der Waals surface area (Å²) in [4.78, 5) is 0. The second kappa shape index (κ2) is 3.97. The fourth-order valence-electron chi connectivity index (χ4n) is 2.19. The van der Waals surface area contributed by atoms with Crippen molar-refractivity contribution in [2.45, 2.75) is 31.3 Å². The molecule has 0 fully saturated rings. The van der Waals surface area contributed by atoms with E-state index in [1.165, 1.54) is 11.1 Å². The number of hydrogen-bond acceptors (Lipinski definition) is 1. The SMILES string of the molecule is C=CCC(O)CC1Cc2ccccc21. The van der Waals surface area contributed by atoms with Gasteiger partial charge in [0.25, 0.3) is 0 Å². The van der Waals surface area contributed by atoms with Crippen LogP contribution in [0.5, 0.6) is 0 Å². The number of fused-ring (bicyclic) bond motifs is 1. The van der Waals surface area contributed by atoms with Crippen molar-refractivity contribution in [2.24, 2.45) is 0 Å². The highest BCUT2D eigenvalue weighted by molar-refractivity contribution is 5.39. The number of rotatable bonds is 4. The van der Waals surface area contributed by atoms with E-state index in [0.717, 1.165) is 12.8 Å². The summed E-state index contributed by atoms with van der Waals surface area (Å²) in [6.45, 7) is 3.64. The highest BCUT2D eigenvalue weighted by atomic mass is 16.3. The molecule has 0 saturated heterocycles. The predicted molar refractivity (Wildman–Crippen MR) is 58.3 cm³/mol. The third-order valence-electron chi connectivity index (χ3n) is 2.96. The Balaban J connectivity index is 1.95. The molecule has 0 bridgehead atoms. The monoisotopic (exact) mass is 188 g/mol. The van der Waals surface area contributed by atoms with Gasteiger partial charge in [-0.25, -0.2) is 0 Å². The average Bonchev–Trinajstić information content (AvgIpc) is 2.15. The van der Waals surface area contributed by atoms with E-state index in [9.17, 15) is 5.11 Å². The maximum atomic E-state index is 9.64. The molecule has 0 spiro atoms. The van der Waals surface area contributed by atoms with Gasteiger partial charge >= 0.3 is 0 Å². The Hall–Kier alpha value is -1.08. The number of aliphatic hydroxyl groups is 1. The number of aliphatic hydroxyl groups excluding tert-OH is 1. The summed E-state index contributed by atoms with van der Waals surface area (Å²) in [5.74, 6) is 0.571. The maximum absolute atomic E-state index is 9.64. The molecular weight excluding hydrogens is 172 g/mol. The minimum atomic E-state index is -0.217. The molecule has 0 heterocycles. The number of hydrogen-bond donors (Lipinski definition) is 1. The second-order valence-electron chi connectivity index (χ2n) is 4.01. The standard InChI is InChI=1S/C13H16O/c1-2-5-12(14)9-11-8-10-6-3-4-7-13(10)11/h2-4,6-7,11-12,14H,1,5,8-9H2. The normalized spacial score (nSPS) is 20.8. The van der Waals surface area contributed by atoms with E-state index in [1.54, 1.807) is 6.08 Å². The van der Waals surface area contributed by atoms with Gasteiger partial charge in [-0.2, -0.15) is 0 Å². The third-order valence-corrected chi connectivity index (χ3v) is 2.96. The minimum Gasteiger partial charge on any atom is -0.393 e. The Labute approximate surface area is 85.1 Å². The van der Waals surface area contributed by atoms with Crippen molar-refractivity contribution in [3.63, 3.8) is 0 Å². The molecule has 0 aromatic heterocycles. The molecule has 1 heteroatoms. The van der Waals surface area contributed by atoms with Crippen LogP contribution in [0.3, 0.4) is 0 Å². The molecule has 1 N–H and O–H groups in total. The summed E-state index contributed by atoms with van der Waals surface area (Å²) in [6, 6.07) is 8.50. The zero-order valence-electron chi connectivity index (χ0n) is 8.32. The van der Waals surface area contributed by atoms with Gasteiger partial charge in [0.05, 0.1) is 6.10 Å². The van der Waals surface area contributed by atoms with E-state index < -0.39 is 0 Å². The lowest BCUT2D eigenvalue weighted by Crippen LogP contribution is -2.21. The number of benzene rings is 1. The smallest absolute Gasteiger partial charge is 0.0580 e. The van der Waals surface area contributed by atoms with Gasteiger partial charge in [-0.1, -0.05) is 30.3 Å². The summed E-state index contributed by atoms with van der Waals surface area (Å²) in [5, 5.41) is 9.64. The molecule has 0 aliphatic heterocycles. The van der Waals surface area contributed by atoms with Crippen molar-refractivity contribution in [3.05, 3.63) is 48.0 Å². The molecule has 2 unspecified atom stereocenters. The molecule has 2 rings (SSSR count). The summed E-state index contributed by atoms with van der Waals surface area (Å²) < 4.78 is 0. The van der Waals surface area contributed by atoms with Crippen LogP contribution in [0.15, 0.2) is 36.9 Å². The van der Waals surface area contributed by atoms with E-state index in [2.05, 4.69) is 30.8 Å². The van der Waals surface area contributed by atoms with Gasteiger partial charge in [0.1, 0.15) is 0 Å². The first-order valence-corrected chi connectivity index (χ1v) is 5.18. The van der Waals surface area contributed by atoms with E-state index in [0.29, 0.717) is 12.3 Å². The molecule has 1 aliphatic carbocycles. The lowest BCUT2D eigenvalue weighted by atomic mass is 9.74. The summed E-state index contributed by atoms with van der Waals surface area (Å²) in [7, 11) is 0. The van der Waals surface area contributed by atoms with Crippen molar-refractivity contribution in [2.75, 3.05) is 0 Å². The van der Waals surface area contributed by atoms with E-state index >= 15 is 0 Å². The van der Waals surface area contributed by atoms with Crippen molar-refractivity contribution in [1.82, 2.24) is 0 Å². The molecule has 1 aliphatic rings. The molecule has 74 valence electrons. The van der Waals surface area contributed by atoms with Crippen molar-refractivity contribution >= 4 is 0 Å². The lowest BCUT2D eigenvalue weighted by Gasteiger charge is -2.31. The summed E-state index contributed by atoms with van der Waals surface area (Å²) in [6.07, 6.45) is 4.28. The largest absolute Gasteiger partial charge is 0.393 e. The lowest BCUT2D eigenvalue weighted by molar-refractivity contribution is 0.154. The van der Waals surface area contributed by atoms with Crippen LogP contribution >= 0.6 is 0 Å². The molecule has 0 saturated carbocycles. The fraction of sp³-hybridized carbons (Fsp3) is 0.385. The van der Waals surface area contributed by atoms with Crippen molar-refractivity contribution in [1.29, 1.82) is 0 Å². The Morgan fingerprint density at radius 2 is 2.29 bits per heavy atom. The summed E-state index contributed by atoms with van der Waals surface area (Å²) >= 11 is 0. The van der Waals surface area contributed by atoms with Gasteiger partial charge in [-0.05, 0) is 36.3 Å². The Morgan fingerprint density at radius 1 is 1.50 bits per heavy atom. The van der Waals surface area contributed by atoms with Gasteiger partial charge < -0.3 is 5.11 Å². The van der Waals surface area contributed by atoms with Crippen LogP contribution in [0.25, 0.3) is 0 Å². The van der Waals surface area contributed by atoms with Gasteiger partial charge in [-0.15, -0.1) is 6.58 Å². The molecular formula is C13H16O. The van der Waals surface area contributed by atoms with E-state index in [1.807, 2.05) is 0 Å².